The van der Waals surface area contributed by atoms with Crippen molar-refractivity contribution in [2.75, 3.05) is 22.4 Å². The van der Waals surface area contributed by atoms with Gasteiger partial charge in [-0.3, -0.25) is 14.2 Å². The summed E-state index contributed by atoms with van der Waals surface area (Å²) in [5, 5.41) is 9.99. The van der Waals surface area contributed by atoms with Gasteiger partial charge in [0.05, 0.1) is 11.9 Å². The highest BCUT2D eigenvalue weighted by molar-refractivity contribution is 7.92. The molecule has 0 saturated heterocycles. The third kappa shape index (κ3) is 2.90. The van der Waals surface area contributed by atoms with Gasteiger partial charge in [0, 0.05) is 23.5 Å². The SMILES string of the molecule is CS(=O)(=O)N1CCc2ccc(NC(=O)c3n[nH]c4c3CCCC4)cc21. The minimum absolute atomic E-state index is 0.261. The lowest BCUT2D eigenvalue weighted by molar-refractivity contribution is 0.102. The largest absolute Gasteiger partial charge is 0.321 e. The molecule has 25 heavy (non-hydrogen) atoms. The van der Waals surface area contributed by atoms with Crippen LogP contribution in [0.3, 0.4) is 0 Å². The summed E-state index contributed by atoms with van der Waals surface area (Å²) in [6, 6.07) is 5.40. The molecule has 1 aromatic carbocycles. The van der Waals surface area contributed by atoms with Crippen molar-refractivity contribution in [1.29, 1.82) is 0 Å². The topological polar surface area (TPSA) is 95.2 Å². The Morgan fingerprint density at radius 3 is 2.84 bits per heavy atom. The van der Waals surface area contributed by atoms with E-state index in [1.165, 1.54) is 10.6 Å². The molecule has 4 rings (SSSR count). The predicted molar refractivity (Wildman–Crippen MR) is 95.5 cm³/mol. The van der Waals surface area contributed by atoms with Gasteiger partial charge < -0.3 is 5.32 Å². The molecule has 7 nitrogen and oxygen atoms in total. The molecule has 0 saturated carbocycles. The Kier molecular flexibility index (Phi) is 3.79. The molecule has 2 aliphatic rings. The van der Waals surface area contributed by atoms with E-state index in [1.54, 1.807) is 6.07 Å². The highest BCUT2D eigenvalue weighted by Crippen LogP contribution is 2.33. The molecule has 0 atom stereocenters. The summed E-state index contributed by atoms with van der Waals surface area (Å²) in [5.74, 6) is -0.261. The second kappa shape index (κ2) is 5.87. The lowest BCUT2D eigenvalue weighted by atomic mass is 9.96. The summed E-state index contributed by atoms with van der Waals surface area (Å²) in [6.45, 7) is 0.443. The van der Waals surface area contributed by atoms with Crippen molar-refractivity contribution in [3.63, 3.8) is 0 Å². The summed E-state index contributed by atoms with van der Waals surface area (Å²) in [6.07, 6.45) is 5.85. The summed E-state index contributed by atoms with van der Waals surface area (Å²) in [5.41, 5.74) is 4.68. The number of fused-ring (bicyclic) bond motifs is 2. The molecule has 0 radical (unpaired) electrons. The molecule has 1 aromatic heterocycles. The number of sulfonamides is 1. The van der Waals surface area contributed by atoms with Crippen LogP contribution in [0.15, 0.2) is 18.2 Å². The number of amides is 1. The Morgan fingerprint density at radius 1 is 1.24 bits per heavy atom. The first kappa shape index (κ1) is 16.1. The number of rotatable bonds is 3. The zero-order valence-corrected chi connectivity index (χ0v) is 14.8. The molecule has 132 valence electrons. The van der Waals surface area contributed by atoms with Crippen LogP contribution in [0, 0.1) is 0 Å². The zero-order chi connectivity index (χ0) is 17.6. The number of carbonyl (C=O) groups is 1. The van der Waals surface area contributed by atoms with Gasteiger partial charge in [0.15, 0.2) is 5.69 Å². The minimum atomic E-state index is -3.31. The monoisotopic (exact) mass is 360 g/mol. The highest BCUT2D eigenvalue weighted by atomic mass is 32.2. The lowest BCUT2D eigenvalue weighted by Gasteiger charge is -2.17. The van der Waals surface area contributed by atoms with E-state index in [-0.39, 0.29) is 5.91 Å². The average molecular weight is 360 g/mol. The third-order valence-electron chi connectivity index (χ3n) is 4.87. The molecule has 0 spiro atoms. The molecule has 0 fully saturated rings. The zero-order valence-electron chi connectivity index (χ0n) is 14.0. The van der Waals surface area contributed by atoms with Gasteiger partial charge in [-0.1, -0.05) is 6.07 Å². The van der Waals surface area contributed by atoms with Gasteiger partial charge in [-0.15, -0.1) is 0 Å². The maximum absolute atomic E-state index is 12.6. The molecule has 8 heteroatoms. The third-order valence-corrected chi connectivity index (χ3v) is 6.05. The van der Waals surface area contributed by atoms with Crippen molar-refractivity contribution in [1.82, 2.24) is 10.2 Å². The van der Waals surface area contributed by atoms with Crippen molar-refractivity contribution < 1.29 is 13.2 Å². The van der Waals surface area contributed by atoms with E-state index in [0.717, 1.165) is 42.5 Å². The summed E-state index contributed by atoms with van der Waals surface area (Å²) in [4.78, 5) is 12.6. The fourth-order valence-corrected chi connectivity index (χ4v) is 4.58. The number of hydrogen-bond donors (Lipinski definition) is 2. The number of anilines is 2. The number of aromatic amines is 1. The van der Waals surface area contributed by atoms with Gasteiger partial charge in [0.2, 0.25) is 10.0 Å². The second-order valence-electron chi connectivity index (χ2n) is 6.62. The van der Waals surface area contributed by atoms with Crippen molar-refractivity contribution >= 4 is 27.3 Å². The van der Waals surface area contributed by atoms with E-state index in [9.17, 15) is 13.2 Å². The van der Waals surface area contributed by atoms with Crippen molar-refractivity contribution in [2.45, 2.75) is 32.1 Å². The molecule has 2 heterocycles. The average Bonchev–Trinajstić information content (AvgIpc) is 3.18. The van der Waals surface area contributed by atoms with Crippen LogP contribution in [0.1, 0.15) is 40.2 Å². The first-order chi connectivity index (χ1) is 11.9. The maximum Gasteiger partial charge on any atom is 0.276 e. The van der Waals surface area contributed by atoms with Crippen LogP contribution in [0.25, 0.3) is 0 Å². The van der Waals surface area contributed by atoms with Crippen LogP contribution in [-0.4, -0.2) is 37.3 Å². The van der Waals surface area contributed by atoms with Gasteiger partial charge in [-0.05, 0) is 49.8 Å². The Hall–Kier alpha value is -2.35. The number of nitrogens with zero attached hydrogens (tertiary/aromatic N) is 2. The van der Waals surface area contributed by atoms with E-state index >= 15 is 0 Å². The van der Waals surface area contributed by atoms with Crippen LogP contribution in [-0.2, 0) is 29.3 Å². The van der Waals surface area contributed by atoms with Gasteiger partial charge >= 0.3 is 0 Å². The first-order valence-electron chi connectivity index (χ1n) is 8.41. The number of aromatic nitrogens is 2. The van der Waals surface area contributed by atoms with Gasteiger partial charge in [0.1, 0.15) is 0 Å². The van der Waals surface area contributed by atoms with Crippen LogP contribution >= 0.6 is 0 Å². The summed E-state index contributed by atoms with van der Waals surface area (Å²) >= 11 is 0. The molecule has 1 aliphatic heterocycles. The molecule has 2 aromatic rings. The maximum atomic E-state index is 12.6. The normalized spacial score (nSPS) is 16.4. The number of hydrogen-bond acceptors (Lipinski definition) is 4. The summed E-state index contributed by atoms with van der Waals surface area (Å²) < 4.78 is 25.2. The van der Waals surface area contributed by atoms with Crippen LogP contribution in [0.4, 0.5) is 11.4 Å². The van der Waals surface area contributed by atoms with Gasteiger partial charge in [0.25, 0.3) is 5.91 Å². The van der Waals surface area contributed by atoms with E-state index in [2.05, 4.69) is 15.5 Å². The number of H-pyrrole nitrogens is 1. The lowest BCUT2D eigenvalue weighted by Crippen LogP contribution is -2.27. The van der Waals surface area contributed by atoms with Crippen LogP contribution in [0.5, 0.6) is 0 Å². The Labute approximate surface area is 146 Å². The minimum Gasteiger partial charge on any atom is -0.321 e. The Bertz CT molecular complexity index is 949. The predicted octanol–water partition coefficient (Wildman–Crippen LogP) is 1.86. The van der Waals surface area contributed by atoms with Crippen LogP contribution in [0.2, 0.25) is 0 Å². The smallest absolute Gasteiger partial charge is 0.276 e. The Morgan fingerprint density at radius 2 is 2.04 bits per heavy atom. The van der Waals surface area contributed by atoms with E-state index in [4.69, 9.17) is 0 Å². The molecule has 1 amide bonds. The highest BCUT2D eigenvalue weighted by Gasteiger charge is 2.27. The number of carbonyl (C=O) groups excluding carboxylic acids is 1. The summed E-state index contributed by atoms with van der Waals surface area (Å²) in [7, 11) is -3.31. The quantitative estimate of drug-likeness (QED) is 0.873. The standard InChI is InChI=1S/C17H20N4O3S/c1-25(23,24)21-9-8-11-6-7-12(10-15(11)21)18-17(22)16-13-4-2-3-5-14(13)19-20-16/h6-7,10H,2-5,8-9H2,1H3,(H,18,22)(H,19,20). The van der Waals surface area contributed by atoms with Crippen LogP contribution < -0.4 is 9.62 Å². The molecule has 2 N–H and O–H groups in total. The van der Waals surface area contributed by atoms with E-state index in [1.807, 2.05) is 12.1 Å². The van der Waals surface area contributed by atoms with E-state index in [0.29, 0.717) is 30.0 Å². The number of benzene rings is 1. The fourth-order valence-electron chi connectivity index (χ4n) is 3.63. The number of aryl methyl sites for hydroxylation is 1. The van der Waals surface area contributed by atoms with Crippen molar-refractivity contribution in [2.24, 2.45) is 0 Å². The van der Waals surface area contributed by atoms with E-state index < -0.39 is 10.0 Å². The van der Waals surface area contributed by atoms with Crippen molar-refractivity contribution in [3.05, 3.63) is 40.7 Å². The Balaban J connectivity index is 1.60. The fraction of sp³-hybridized carbons (Fsp3) is 0.412. The van der Waals surface area contributed by atoms with Gasteiger partial charge in [-0.2, -0.15) is 5.10 Å². The van der Waals surface area contributed by atoms with Gasteiger partial charge in [-0.25, -0.2) is 8.42 Å². The number of nitrogens with one attached hydrogen (secondary N) is 2. The molecule has 1 aliphatic carbocycles. The molecule has 0 unspecified atom stereocenters. The van der Waals surface area contributed by atoms with Crippen molar-refractivity contribution in [3.8, 4) is 0 Å². The molecule has 0 bridgehead atoms. The molecular weight excluding hydrogens is 340 g/mol. The first-order valence-corrected chi connectivity index (χ1v) is 10.3. The molecular formula is C17H20N4O3S. The second-order valence-corrected chi connectivity index (χ2v) is 8.53.